The highest BCUT2D eigenvalue weighted by Gasteiger charge is 2.60. The highest BCUT2D eigenvalue weighted by molar-refractivity contribution is 5.80. The van der Waals surface area contributed by atoms with Crippen LogP contribution in [0.1, 0.15) is 29.7 Å². The monoisotopic (exact) mass is 621 g/mol. The number of alkyl halides is 3. The summed E-state index contributed by atoms with van der Waals surface area (Å²) in [5, 5.41) is 3.07. The van der Waals surface area contributed by atoms with Gasteiger partial charge in [-0.25, -0.2) is 9.18 Å². The highest BCUT2D eigenvalue weighted by atomic mass is 19.4. The summed E-state index contributed by atoms with van der Waals surface area (Å²) in [6, 6.07) is 17.2. The summed E-state index contributed by atoms with van der Waals surface area (Å²) in [6.45, 7) is 1.44. The molecule has 3 aliphatic rings. The quantitative estimate of drug-likeness (QED) is 0.274. The predicted octanol–water partition coefficient (Wildman–Crippen LogP) is 5.08. The van der Waals surface area contributed by atoms with Crippen LogP contribution in [-0.4, -0.2) is 32.5 Å². The number of fused-ring (bicyclic) bond motifs is 3. The van der Waals surface area contributed by atoms with Crippen molar-refractivity contribution in [1.82, 2.24) is 19.9 Å². The van der Waals surface area contributed by atoms with E-state index in [1.807, 2.05) is 30.3 Å². The van der Waals surface area contributed by atoms with Crippen LogP contribution in [0.25, 0.3) is 0 Å². The van der Waals surface area contributed by atoms with E-state index in [1.165, 1.54) is 18.2 Å². The fourth-order valence-electron chi connectivity index (χ4n) is 6.75. The van der Waals surface area contributed by atoms with Gasteiger partial charge in [0.2, 0.25) is 11.8 Å². The molecule has 4 aromatic rings. The lowest BCUT2D eigenvalue weighted by Crippen LogP contribution is -2.47. The van der Waals surface area contributed by atoms with Crippen LogP contribution in [0.2, 0.25) is 0 Å². The molecule has 2 aromatic carbocycles. The van der Waals surface area contributed by atoms with Gasteiger partial charge in [-0.15, -0.1) is 0 Å². The molecule has 3 unspecified atom stereocenters. The number of pyridine rings is 1. The van der Waals surface area contributed by atoms with Gasteiger partial charge in [-0.2, -0.15) is 18.2 Å². The lowest BCUT2D eigenvalue weighted by Gasteiger charge is -2.35. The van der Waals surface area contributed by atoms with Crippen LogP contribution in [0.15, 0.2) is 77.7 Å². The molecule has 1 saturated carbocycles. The number of hydrogen-bond acceptors (Lipinski definition) is 7. The van der Waals surface area contributed by atoms with Gasteiger partial charge in [0.25, 0.3) is 0 Å². The van der Waals surface area contributed by atoms with E-state index < -0.39 is 23.4 Å². The van der Waals surface area contributed by atoms with Gasteiger partial charge in [-0.3, -0.25) is 14.3 Å². The Morgan fingerprint density at radius 2 is 1.87 bits per heavy atom. The van der Waals surface area contributed by atoms with Gasteiger partial charge in [0, 0.05) is 37.3 Å². The van der Waals surface area contributed by atoms with E-state index in [0.29, 0.717) is 43.5 Å². The maximum Gasteiger partial charge on any atom is 0.433 e. The zero-order valence-corrected chi connectivity index (χ0v) is 23.8. The smallest absolute Gasteiger partial charge is 0.433 e. The zero-order valence-electron chi connectivity index (χ0n) is 23.8. The Morgan fingerprint density at radius 1 is 1.04 bits per heavy atom. The number of aromatic nitrogens is 3. The number of amides is 1. The molecule has 2 aliphatic heterocycles. The van der Waals surface area contributed by atoms with E-state index in [0.717, 1.165) is 24.2 Å². The molecule has 1 amide bonds. The summed E-state index contributed by atoms with van der Waals surface area (Å²) in [6.07, 6.45) is -2.29. The number of benzene rings is 2. The first-order chi connectivity index (χ1) is 21.6. The van der Waals surface area contributed by atoms with E-state index >= 15 is 0 Å². The van der Waals surface area contributed by atoms with Crippen LogP contribution in [0.3, 0.4) is 0 Å². The fourth-order valence-corrected chi connectivity index (χ4v) is 6.75. The summed E-state index contributed by atoms with van der Waals surface area (Å²) < 4.78 is 66.3. The molecule has 9 nitrogen and oxygen atoms in total. The topological polar surface area (TPSA) is 98.6 Å². The van der Waals surface area contributed by atoms with Crippen LogP contribution < -0.4 is 25.4 Å². The standard InChI is InChI=1S/C32H27F4N5O4/c33-24-10-20(6-7-25(24)45-22-8-9-37-26(11-22)32(34,35)36)17-44-27-12-28-40(30(43)39-27)18-31-13-21(16-41(28)31)23(14-31)29(42)38-15-19-4-2-1-3-5-19/h1-12,21,23H,13-18H2,(H,38,42). The minimum Gasteiger partial charge on any atom is -0.473 e. The van der Waals surface area contributed by atoms with E-state index in [9.17, 15) is 27.2 Å². The maximum atomic E-state index is 14.8. The number of nitrogens with one attached hydrogen (secondary N) is 1. The van der Waals surface area contributed by atoms with Gasteiger partial charge in [0.05, 0.1) is 12.1 Å². The van der Waals surface area contributed by atoms with Gasteiger partial charge >= 0.3 is 11.9 Å². The number of rotatable bonds is 8. The average molecular weight is 622 g/mol. The van der Waals surface area contributed by atoms with E-state index in [4.69, 9.17) is 9.47 Å². The van der Waals surface area contributed by atoms with Crippen molar-refractivity contribution < 1.29 is 31.8 Å². The molecular weight excluding hydrogens is 594 g/mol. The number of ether oxygens (including phenoxy) is 2. The number of anilines is 1. The Balaban J connectivity index is 0.996. The third-order valence-corrected chi connectivity index (χ3v) is 8.77. The molecule has 1 N–H and O–H groups in total. The Bertz CT molecular complexity index is 1830. The van der Waals surface area contributed by atoms with Crippen LogP contribution in [0.4, 0.5) is 23.4 Å². The fraction of sp³-hybridized carbons (Fsp3) is 0.312. The summed E-state index contributed by atoms with van der Waals surface area (Å²) >= 11 is 0. The van der Waals surface area contributed by atoms with Gasteiger partial charge in [-0.1, -0.05) is 36.4 Å². The van der Waals surface area contributed by atoms with Crippen LogP contribution in [0, 0.1) is 17.7 Å². The summed E-state index contributed by atoms with van der Waals surface area (Å²) in [5.74, 6) is -0.462. The van der Waals surface area contributed by atoms with Crippen LogP contribution >= 0.6 is 0 Å². The van der Waals surface area contributed by atoms with Gasteiger partial charge in [0.15, 0.2) is 11.6 Å². The van der Waals surface area contributed by atoms with Crippen molar-refractivity contribution in [1.29, 1.82) is 0 Å². The van der Waals surface area contributed by atoms with E-state index in [1.54, 1.807) is 10.6 Å². The van der Waals surface area contributed by atoms with E-state index in [-0.39, 0.29) is 47.3 Å². The SMILES string of the molecule is O=C(NCc1ccccc1)C1CC23CC1CN2c1cc(OCc2ccc(Oc4ccnc(C(F)(F)F)c4)c(F)c2)nc(=O)n1C3. The first-order valence-corrected chi connectivity index (χ1v) is 14.4. The lowest BCUT2D eigenvalue weighted by molar-refractivity contribution is -0.141. The van der Waals surface area contributed by atoms with Crippen LogP contribution in [0.5, 0.6) is 17.4 Å². The average Bonchev–Trinajstić information content (AvgIpc) is 3.67. The number of piperidine rings is 1. The molecule has 45 heavy (non-hydrogen) atoms. The highest BCUT2D eigenvalue weighted by Crippen LogP contribution is 2.55. The molecular formula is C32H27F4N5O4. The molecule has 2 fully saturated rings. The summed E-state index contributed by atoms with van der Waals surface area (Å²) in [4.78, 5) is 35.6. The molecule has 7 rings (SSSR count). The molecule has 2 bridgehead atoms. The van der Waals surface area contributed by atoms with Crippen molar-refractivity contribution in [3.63, 3.8) is 0 Å². The molecule has 1 spiro atoms. The Hall–Kier alpha value is -4.94. The number of carbonyl (C=O) groups excluding carboxylic acids is 1. The lowest BCUT2D eigenvalue weighted by atomic mass is 9.90. The van der Waals surface area contributed by atoms with Gasteiger partial charge < -0.3 is 19.7 Å². The molecule has 1 saturated heterocycles. The van der Waals surface area contributed by atoms with Crippen molar-refractivity contribution in [2.45, 2.75) is 44.3 Å². The minimum absolute atomic E-state index is 0.0290. The Morgan fingerprint density at radius 3 is 2.64 bits per heavy atom. The number of carbonyl (C=O) groups is 1. The second-order valence-electron chi connectivity index (χ2n) is 11.7. The van der Waals surface area contributed by atoms with Crippen molar-refractivity contribution in [3.8, 4) is 17.4 Å². The van der Waals surface area contributed by atoms with E-state index in [2.05, 4.69) is 20.2 Å². The molecule has 232 valence electrons. The summed E-state index contributed by atoms with van der Waals surface area (Å²) in [5.41, 5.74) is -0.521. The second-order valence-corrected chi connectivity index (χ2v) is 11.7. The van der Waals surface area contributed by atoms with Crippen molar-refractivity contribution in [2.24, 2.45) is 11.8 Å². The van der Waals surface area contributed by atoms with Crippen molar-refractivity contribution >= 4 is 11.7 Å². The molecule has 4 heterocycles. The molecule has 1 aliphatic carbocycles. The van der Waals surface area contributed by atoms with Gasteiger partial charge in [0.1, 0.15) is 23.9 Å². The third-order valence-electron chi connectivity index (χ3n) is 8.77. The molecule has 2 aromatic heterocycles. The first-order valence-electron chi connectivity index (χ1n) is 14.4. The van der Waals surface area contributed by atoms with Crippen LogP contribution in [-0.2, 0) is 30.7 Å². The predicted molar refractivity (Wildman–Crippen MR) is 153 cm³/mol. The second kappa shape index (κ2) is 10.9. The molecule has 3 atom stereocenters. The number of nitrogens with zero attached hydrogens (tertiary/aromatic N) is 4. The first kappa shape index (κ1) is 28.8. The number of halogens is 4. The Kier molecular flexibility index (Phi) is 6.98. The number of hydrogen-bond donors (Lipinski definition) is 1. The maximum absolute atomic E-state index is 14.8. The third kappa shape index (κ3) is 5.47. The normalized spacial score (nSPS) is 21.4. The largest absolute Gasteiger partial charge is 0.473 e. The Labute approximate surface area is 254 Å². The van der Waals surface area contributed by atoms with Gasteiger partial charge in [-0.05, 0) is 48.1 Å². The van der Waals surface area contributed by atoms with Crippen molar-refractivity contribution in [3.05, 3.63) is 106 Å². The molecule has 13 heteroatoms. The summed E-state index contributed by atoms with van der Waals surface area (Å²) in [7, 11) is 0. The minimum atomic E-state index is -4.66. The molecule has 0 radical (unpaired) electrons. The zero-order chi connectivity index (χ0) is 31.3. The van der Waals surface area contributed by atoms with Crippen molar-refractivity contribution in [2.75, 3.05) is 11.4 Å².